The molecule has 4 nitrogen and oxygen atoms in total. The second-order valence-electron chi connectivity index (χ2n) is 6.12. The highest BCUT2D eigenvalue weighted by Crippen LogP contribution is 2.32. The predicted molar refractivity (Wildman–Crippen MR) is 102 cm³/mol. The number of benzene rings is 2. The fourth-order valence-electron chi connectivity index (χ4n) is 2.96. The Kier molecular flexibility index (Phi) is 4.34. The van der Waals surface area contributed by atoms with E-state index in [9.17, 15) is 14.0 Å². The number of fused-ring (bicyclic) bond motifs is 1. The Morgan fingerprint density at radius 1 is 1.19 bits per heavy atom. The smallest absolute Gasteiger partial charge is 0.167 e. The van der Waals surface area contributed by atoms with Crippen LogP contribution in [-0.4, -0.2) is 9.97 Å². The summed E-state index contributed by atoms with van der Waals surface area (Å²) in [6, 6.07) is 11.0. The SMILES string of the molecule is Cc1cc(-c2ccc(C(C#N)Nc3ccc4[nH]cnc4c3)c(F)c2F)cs1. The van der Waals surface area contributed by atoms with Gasteiger partial charge in [0.15, 0.2) is 11.6 Å². The topological polar surface area (TPSA) is 64.5 Å². The first-order valence-corrected chi connectivity index (χ1v) is 9.07. The van der Waals surface area contributed by atoms with E-state index < -0.39 is 17.7 Å². The lowest BCUT2D eigenvalue weighted by Crippen LogP contribution is -2.11. The third-order valence-corrected chi connectivity index (χ3v) is 5.19. The highest BCUT2D eigenvalue weighted by molar-refractivity contribution is 7.10. The first-order valence-electron chi connectivity index (χ1n) is 8.19. The second-order valence-corrected chi connectivity index (χ2v) is 7.23. The van der Waals surface area contributed by atoms with Crippen LogP contribution in [0.2, 0.25) is 0 Å². The molecule has 1 unspecified atom stereocenters. The van der Waals surface area contributed by atoms with Crippen molar-refractivity contribution >= 4 is 28.1 Å². The maximum Gasteiger partial charge on any atom is 0.167 e. The lowest BCUT2D eigenvalue weighted by Gasteiger charge is -2.15. The Hall–Kier alpha value is -3.24. The number of hydrogen-bond acceptors (Lipinski definition) is 4. The van der Waals surface area contributed by atoms with Crippen LogP contribution in [-0.2, 0) is 0 Å². The van der Waals surface area contributed by atoms with Crippen LogP contribution in [0.25, 0.3) is 22.2 Å². The maximum atomic E-state index is 14.7. The highest BCUT2D eigenvalue weighted by atomic mass is 32.1. The van der Waals surface area contributed by atoms with E-state index in [4.69, 9.17) is 0 Å². The summed E-state index contributed by atoms with van der Waals surface area (Å²) >= 11 is 1.47. The van der Waals surface area contributed by atoms with Gasteiger partial charge in [-0.3, -0.25) is 0 Å². The van der Waals surface area contributed by atoms with Crippen molar-refractivity contribution in [3.63, 3.8) is 0 Å². The lowest BCUT2D eigenvalue weighted by molar-refractivity contribution is 0.500. The molecule has 0 aliphatic heterocycles. The van der Waals surface area contributed by atoms with Crippen LogP contribution in [0.1, 0.15) is 16.5 Å². The van der Waals surface area contributed by atoms with Gasteiger partial charge in [-0.1, -0.05) is 12.1 Å². The number of halogens is 2. The molecular weight excluding hydrogens is 366 g/mol. The van der Waals surface area contributed by atoms with E-state index >= 15 is 0 Å². The molecule has 7 heteroatoms. The molecule has 4 aromatic rings. The van der Waals surface area contributed by atoms with Crippen LogP contribution in [0.15, 0.2) is 48.1 Å². The summed E-state index contributed by atoms with van der Waals surface area (Å²) in [5.74, 6) is -1.97. The van der Waals surface area contributed by atoms with Crippen LogP contribution < -0.4 is 5.32 Å². The van der Waals surface area contributed by atoms with E-state index in [0.717, 1.165) is 10.4 Å². The molecule has 0 saturated heterocycles. The molecule has 0 aliphatic carbocycles. The molecule has 2 heterocycles. The largest absolute Gasteiger partial charge is 0.366 e. The quantitative estimate of drug-likeness (QED) is 0.487. The molecule has 0 amide bonds. The van der Waals surface area contributed by atoms with Crippen molar-refractivity contribution in [2.45, 2.75) is 13.0 Å². The van der Waals surface area contributed by atoms with Crippen molar-refractivity contribution in [2.75, 3.05) is 5.32 Å². The molecule has 2 N–H and O–H groups in total. The Morgan fingerprint density at radius 3 is 2.78 bits per heavy atom. The van der Waals surface area contributed by atoms with Gasteiger partial charge in [0.2, 0.25) is 0 Å². The van der Waals surface area contributed by atoms with Crippen molar-refractivity contribution in [1.29, 1.82) is 5.26 Å². The van der Waals surface area contributed by atoms with Gasteiger partial charge in [0.25, 0.3) is 0 Å². The number of hydrogen-bond donors (Lipinski definition) is 2. The number of thiophene rings is 1. The number of H-pyrrole nitrogens is 1. The standard InChI is InChI=1S/C20H14F2N4S/c1-11-6-12(9-27-11)14-3-4-15(20(22)19(14)21)18(8-23)26-13-2-5-16-17(7-13)25-10-24-16/h2-7,9-10,18,26H,1H3,(H,24,25). The van der Waals surface area contributed by atoms with Gasteiger partial charge in [0.05, 0.1) is 23.4 Å². The van der Waals surface area contributed by atoms with Crippen molar-refractivity contribution < 1.29 is 8.78 Å². The minimum atomic E-state index is -1.03. The second kappa shape index (κ2) is 6.82. The summed E-state index contributed by atoms with van der Waals surface area (Å²) in [5, 5.41) is 14.2. The first-order chi connectivity index (χ1) is 13.1. The van der Waals surface area contributed by atoms with E-state index in [1.165, 1.54) is 23.5 Å². The molecule has 4 rings (SSSR count). The van der Waals surface area contributed by atoms with E-state index in [-0.39, 0.29) is 11.1 Å². The molecule has 0 radical (unpaired) electrons. The minimum Gasteiger partial charge on any atom is -0.366 e. The summed E-state index contributed by atoms with van der Waals surface area (Å²) < 4.78 is 29.4. The Bertz CT molecular complexity index is 1170. The summed E-state index contributed by atoms with van der Waals surface area (Å²) in [6.45, 7) is 1.91. The van der Waals surface area contributed by atoms with Crippen LogP contribution in [0.4, 0.5) is 14.5 Å². The van der Waals surface area contributed by atoms with Gasteiger partial charge in [-0.15, -0.1) is 11.3 Å². The third-order valence-electron chi connectivity index (χ3n) is 4.33. The number of imidazole rings is 1. The van der Waals surface area contributed by atoms with Gasteiger partial charge in [-0.25, -0.2) is 13.8 Å². The zero-order valence-electron chi connectivity index (χ0n) is 14.3. The molecule has 0 bridgehead atoms. The summed E-state index contributed by atoms with van der Waals surface area (Å²) in [4.78, 5) is 8.14. The molecule has 134 valence electrons. The molecule has 27 heavy (non-hydrogen) atoms. The molecule has 0 saturated carbocycles. The average molecular weight is 380 g/mol. The minimum absolute atomic E-state index is 0.0344. The number of nitrogens with one attached hydrogen (secondary N) is 2. The molecule has 1 atom stereocenters. The Labute approximate surface area is 158 Å². The number of aryl methyl sites for hydroxylation is 1. The van der Waals surface area contributed by atoms with Crippen LogP contribution in [0.5, 0.6) is 0 Å². The van der Waals surface area contributed by atoms with E-state index in [2.05, 4.69) is 15.3 Å². The molecule has 2 aromatic carbocycles. The van der Waals surface area contributed by atoms with Gasteiger partial charge >= 0.3 is 0 Å². The number of rotatable bonds is 4. The highest BCUT2D eigenvalue weighted by Gasteiger charge is 2.21. The fraction of sp³-hybridized carbons (Fsp3) is 0.100. The lowest BCUT2D eigenvalue weighted by atomic mass is 10.0. The van der Waals surface area contributed by atoms with Crippen molar-refractivity contribution in [1.82, 2.24) is 9.97 Å². The Morgan fingerprint density at radius 2 is 2.04 bits per heavy atom. The molecule has 0 aliphatic rings. The van der Waals surface area contributed by atoms with Gasteiger partial charge in [-0.2, -0.15) is 5.26 Å². The average Bonchev–Trinajstić information content (AvgIpc) is 3.30. The van der Waals surface area contributed by atoms with Gasteiger partial charge in [0.1, 0.15) is 6.04 Å². The van der Waals surface area contributed by atoms with Crippen molar-refractivity contribution in [3.05, 3.63) is 70.2 Å². The Balaban J connectivity index is 1.68. The summed E-state index contributed by atoms with van der Waals surface area (Å²) in [6.07, 6.45) is 1.57. The van der Waals surface area contributed by atoms with Crippen LogP contribution in [0.3, 0.4) is 0 Å². The number of aromatic amines is 1. The first kappa shape index (κ1) is 17.2. The van der Waals surface area contributed by atoms with E-state index in [1.807, 2.05) is 13.0 Å². The van der Waals surface area contributed by atoms with Crippen LogP contribution >= 0.6 is 11.3 Å². The summed E-state index contributed by atoms with van der Waals surface area (Å²) in [7, 11) is 0. The zero-order chi connectivity index (χ0) is 19.0. The van der Waals surface area contributed by atoms with Crippen LogP contribution in [0, 0.1) is 29.9 Å². The predicted octanol–water partition coefficient (Wildman–Crippen LogP) is 5.55. The molecule has 2 aromatic heterocycles. The molecule has 0 fully saturated rings. The molecular formula is C20H14F2N4S. The zero-order valence-corrected chi connectivity index (χ0v) is 15.1. The fourth-order valence-corrected chi connectivity index (χ4v) is 3.67. The summed E-state index contributed by atoms with van der Waals surface area (Å²) in [5.41, 5.74) is 2.95. The monoisotopic (exact) mass is 380 g/mol. The normalized spacial score (nSPS) is 12.1. The third kappa shape index (κ3) is 3.15. The van der Waals surface area contributed by atoms with Gasteiger partial charge < -0.3 is 10.3 Å². The van der Waals surface area contributed by atoms with Gasteiger partial charge in [0, 0.05) is 21.7 Å². The number of nitriles is 1. The van der Waals surface area contributed by atoms with Crippen molar-refractivity contribution in [3.8, 4) is 17.2 Å². The van der Waals surface area contributed by atoms with Gasteiger partial charge in [-0.05, 0) is 42.1 Å². The number of anilines is 1. The molecule has 0 spiro atoms. The number of nitrogens with zero attached hydrogens (tertiary/aromatic N) is 2. The maximum absolute atomic E-state index is 14.7. The van der Waals surface area contributed by atoms with Crippen molar-refractivity contribution in [2.24, 2.45) is 0 Å². The number of aromatic nitrogens is 2. The van der Waals surface area contributed by atoms with E-state index in [0.29, 0.717) is 16.8 Å². The van der Waals surface area contributed by atoms with E-state index in [1.54, 1.807) is 36.0 Å².